The number of carbonyl (C=O) groups excluding carboxylic acids is 3. The van der Waals surface area contributed by atoms with Crippen LogP contribution in [0.5, 0.6) is 0 Å². The number of urea groups is 1. The number of hydrogen-bond acceptors (Lipinski definition) is 5. The highest BCUT2D eigenvalue weighted by atomic mass is 16.2. The van der Waals surface area contributed by atoms with E-state index in [9.17, 15) is 19.6 Å². The lowest BCUT2D eigenvalue weighted by Crippen LogP contribution is -2.55. The lowest BCUT2D eigenvalue weighted by Gasteiger charge is -2.36. The number of anilines is 1. The van der Waals surface area contributed by atoms with Gasteiger partial charge in [0.2, 0.25) is 5.91 Å². The highest BCUT2D eigenvalue weighted by molar-refractivity contribution is 6.25. The van der Waals surface area contributed by atoms with Gasteiger partial charge in [-0.25, -0.2) is 14.7 Å². The van der Waals surface area contributed by atoms with Gasteiger partial charge in [0.25, 0.3) is 5.91 Å². The number of nitriles is 1. The molecule has 2 bridgehead atoms. The van der Waals surface area contributed by atoms with Crippen molar-refractivity contribution in [3.05, 3.63) is 36.2 Å². The number of nitrogens with zero attached hydrogens (tertiary/aromatic N) is 5. The van der Waals surface area contributed by atoms with Crippen LogP contribution in [-0.4, -0.2) is 57.3 Å². The summed E-state index contributed by atoms with van der Waals surface area (Å²) in [4.78, 5) is 48.5. The van der Waals surface area contributed by atoms with Gasteiger partial charge in [0, 0.05) is 23.7 Å². The Morgan fingerprint density at radius 1 is 1.23 bits per heavy atom. The lowest BCUT2D eigenvalue weighted by atomic mass is 9.91. The van der Waals surface area contributed by atoms with Gasteiger partial charge in [0.15, 0.2) is 0 Å². The first kappa shape index (κ1) is 19.5. The number of likely N-dealkylation sites (tertiary alicyclic amines) is 1. The summed E-state index contributed by atoms with van der Waals surface area (Å²) in [7, 11) is 0. The number of hydrogen-bond donors (Lipinski definition) is 0. The topological polar surface area (TPSA) is 97.6 Å². The fourth-order valence-corrected chi connectivity index (χ4v) is 5.17. The van der Waals surface area contributed by atoms with E-state index >= 15 is 0 Å². The summed E-state index contributed by atoms with van der Waals surface area (Å²) in [5.74, 6) is -0.300. The van der Waals surface area contributed by atoms with Gasteiger partial charge in [-0.05, 0) is 11.8 Å². The highest BCUT2D eigenvalue weighted by Crippen LogP contribution is 2.44. The van der Waals surface area contributed by atoms with Crippen LogP contribution in [0.3, 0.4) is 0 Å². The first-order valence-corrected chi connectivity index (χ1v) is 10.4. The quantitative estimate of drug-likeness (QED) is 0.700. The number of aromatic nitrogens is 1. The highest BCUT2D eigenvalue weighted by Gasteiger charge is 2.63. The minimum atomic E-state index is -0.662. The van der Waals surface area contributed by atoms with Gasteiger partial charge in [-0.3, -0.25) is 9.59 Å². The Bertz CT molecular complexity index is 1180. The number of benzene rings is 1. The second kappa shape index (κ2) is 6.51. The summed E-state index contributed by atoms with van der Waals surface area (Å²) in [5.41, 5.74) is 0.483. The second-order valence-electron chi connectivity index (χ2n) is 9.70. The Balaban J connectivity index is 1.51. The van der Waals surface area contributed by atoms with Crippen molar-refractivity contribution >= 4 is 34.3 Å². The molecule has 8 nitrogen and oxygen atoms in total. The zero-order valence-electron chi connectivity index (χ0n) is 17.7. The minimum Gasteiger partial charge on any atom is -0.335 e. The fourth-order valence-electron chi connectivity index (χ4n) is 5.17. The van der Waals surface area contributed by atoms with Crippen LogP contribution in [0.15, 0.2) is 30.5 Å². The van der Waals surface area contributed by atoms with Crippen molar-refractivity contribution in [1.29, 1.82) is 5.26 Å². The molecule has 2 unspecified atom stereocenters. The van der Waals surface area contributed by atoms with Crippen LogP contribution in [-0.2, 0) is 9.59 Å². The molecule has 1 aromatic carbocycles. The van der Waals surface area contributed by atoms with Gasteiger partial charge >= 0.3 is 6.03 Å². The van der Waals surface area contributed by atoms with Crippen molar-refractivity contribution < 1.29 is 14.4 Å². The summed E-state index contributed by atoms with van der Waals surface area (Å²) in [5, 5.41) is 10.6. The molecule has 0 spiro atoms. The normalized spacial score (nSPS) is 24.8. The third-order valence-electron chi connectivity index (χ3n) is 6.39. The number of rotatable bonds is 2. The summed E-state index contributed by atoms with van der Waals surface area (Å²) < 4.78 is 0. The van der Waals surface area contributed by atoms with Crippen molar-refractivity contribution in [2.24, 2.45) is 5.41 Å². The number of piperazine rings is 1. The maximum atomic E-state index is 13.5. The summed E-state index contributed by atoms with van der Waals surface area (Å²) >= 11 is 0. The first-order valence-electron chi connectivity index (χ1n) is 10.4. The van der Waals surface area contributed by atoms with Gasteiger partial charge in [-0.1, -0.05) is 45.0 Å². The molecule has 4 heterocycles. The second-order valence-corrected chi connectivity index (χ2v) is 9.70. The molecule has 3 atom stereocenters. The Hall–Kier alpha value is -3.47. The maximum absolute atomic E-state index is 13.5. The van der Waals surface area contributed by atoms with Crippen LogP contribution in [0.25, 0.3) is 10.8 Å². The van der Waals surface area contributed by atoms with Crippen molar-refractivity contribution in [2.75, 3.05) is 11.4 Å². The van der Waals surface area contributed by atoms with Gasteiger partial charge in [0.05, 0.1) is 24.0 Å². The van der Waals surface area contributed by atoms with E-state index in [1.807, 2.05) is 20.8 Å². The standard InChI is InChI=1S/C23H23N5O3/c1-23(2,3)9-19(29)26-12-13-8-17(26)20-21(30)28(22(31)27(13)20)18-11-25-16(10-24)14-6-4-5-7-15(14)18/h4-7,11,13,17,20H,8-9,12H2,1-3H3/t13-,17?,20?/m1/s1. The third-order valence-corrected chi connectivity index (χ3v) is 6.39. The van der Waals surface area contributed by atoms with E-state index in [-0.39, 0.29) is 41.0 Å². The average molecular weight is 417 g/mol. The predicted molar refractivity (Wildman–Crippen MR) is 113 cm³/mol. The van der Waals surface area contributed by atoms with Crippen LogP contribution in [0.4, 0.5) is 10.5 Å². The van der Waals surface area contributed by atoms with Crippen molar-refractivity contribution in [3.8, 4) is 6.07 Å². The molecule has 4 amide bonds. The van der Waals surface area contributed by atoms with E-state index < -0.39 is 6.04 Å². The van der Waals surface area contributed by atoms with E-state index in [1.54, 1.807) is 34.1 Å². The van der Waals surface area contributed by atoms with Gasteiger partial charge < -0.3 is 9.80 Å². The summed E-state index contributed by atoms with van der Waals surface area (Å²) in [6, 6.07) is 7.71. The van der Waals surface area contributed by atoms with E-state index in [4.69, 9.17) is 0 Å². The van der Waals surface area contributed by atoms with Crippen LogP contribution >= 0.6 is 0 Å². The van der Waals surface area contributed by atoms with Crippen LogP contribution in [0, 0.1) is 16.7 Å². The molecule has 1 aromatic heterocycles. The number of imide groups is 1. The van der Waals surface area contributed by atoms with Crippen molar-refractivity contribution in [2.45, 2.75) is 51.7 Å². The maximum Gasteiger partial charge on any atom is 0.332 e. The summed E-state index contributed by atoms with van der Waals surface area (Å²) in [6.45, 7) is 6.51. The molecule has 0 aliphatic carbocycles. The molecular formula is C23H23N5O3. The molecule has 3 aliphatic heterocycles. The Labute approximate surface area is 180 Å². The predicted octanol–water partition coefficient (Wildman–Crippen LogP) is 2.66. The monoisotopic (exact) mass is 417 g/mol. The average Bonchev–Trinajstić information content (AvgIpc) is 3.38. The molecule has 8 heteroatoms. The summed E-state index contributed by atoms with van der Waals surface area (Å²) in [6.07, 6.45) is 2.46. The van der Waals surface area contributed by atoms with Crippen molar-refractivity contribution in [3.63, 3.8) is 0 Å². The van der Waals surface area contributed by atoms with Gasteiger partial charge in [-0.2, -0.15) is 5.26 Å². The Morgan fingerprint density at radius 3 is 2.61 bits per heavy atom. The Morgan fingerprint density at radius 2 is 1.94 bits per heavy atom. The molecule has 3 saturated heterocycles. The molecule has 158 valence electrons. The molecule has 3 aliphatic rings. The van der Waals surface area contributed by atoms with Crippen LogP contribution in [0.2, 0.25) is 0 Å². The molecule has 5 rings (SSSR count). The number of carbonyl (C=O) groups is 3. The van der Waals surface area contributed by atoms with Gasteiger partial charge in [0.1, 0.15) is 17.8 Å². The molecule has 2 aromatic rings. The Kier molecular flexibility index (Phi) is 4.09. The smallest absolute Gasteiger partial charge is 0.332 e. The van der Waals surface area contributed by atoms with E-state index in [2.05, 4.69) is 11.1 Å². The zero-order chi connectivity index (χ0) is 22.1. The molecular weight excluding hydrogens is 394 g/mol. The fraction of sp³-hybridized carbons (Fsp3) is 0.435. The SMILES string of the molecule is CC(C)(C)CC(=O)N1C[C@H]2CC1C1C(=O)N(c3cnc(C#N)c4ccccc34)C(=O)N12. The number of amides is 4. The third kappa shape index (κ3) is 2.80. The number of fused-ring (bicyclic) bond motifs is 6. The minimum absolute atomic E-state index is 0.0313. The molecule has 0 radical (unpaired) electrons. The van der Waals surface area contributed by atoms with E-state index in [0.29, 0.717) is 35.8 Å². The van der Waals surface area contributed by atoms with E-state index in [0.717, 1.165) is 0 Å². The molecule has 0 saturated carbocycles. The lowest BCUT2D eigenvalue weighted by molar-refractivity contribution is -0.137. The first-order chi connectivity index (χ1) is 14.7. The molecule has 0 N–H and O–H groups in total. The van der Waals surface area contributed by atoms with Crippen LogP contribution < -0.4 is 4.90 Å². The van der Waals surface area contributed by atoms with Gasteiger partial charge in [-0.15, -0.1) is 0 Å². The molecule has 31 heavy (non-hydrogen) atoms. The largest absolute Gasteiger partial charge is 0.335 e. The zero-order valence-corrected chi connectivity index (χ0v) is 17.7. The molecule has 3 fully saturated rings. The number of pyridine rings is 1. The van der Waals surface area contributed by atoms with Crippen LogP contribution in [0.1, 0.15) is 39.3 Å². The van der Waals surface area contributed by atoms with Crippen molar-refractivity contribution in [1.82, 2.24) is 14.8 Å². The van der Waals surface area contributed by atoms with E-state index in [1.165, 1.54) is 11.1 Å².